The maximum Gasteiger partial charge on any atom is 0.256 e. The highest BCUT2D eigenvalue weighted by Gasteiger charge is 2.12. The lowest BCUT2D eigenvalue weighted by atomic mass is 10.1. The summed E-state index contributed by atoms with van der Waals surface area (Å²) in [5, 5.41) is 4.79. The minimum atomic E-state index is -0.0917. The van der Waals surface area contributed by atoms with E-state index in [4.69, 9.17) is 5.73 Å². The zero-order valence-corrected chi connectivity index (χ0v) is 13.1. The molecule has 5 heteroatoms. The molecule has 0 aliphatic carbocycles. The number of carbonyl (C=O) groups is 1. The number of nitrogen functional groups attached to an aromatic ring is 1. The van der Waals surface area contributed by atoms with Crippen molar-refractivity contribution in [3.63, 3.8) is 0 Å². The van der Waals surface area contributed by atoms with Crippen molar-refractivity contribution in [3.05, 3.63) is 43.2 Å². The molecule has 2 aromatic rings. The fourth-order valence-corrected chi connectivity index (χ4v) is 3.00. The Hall–Kier alpha value is -1.08. The Kier molecular flexibility index (Phi) is 3.91. The zero-order valence-electron chi connectivity index (χ0n) is 10.1. The first kappa shape index (κ1) is 13.4. The van der Waals surface area contributed by atoms with E-state index >= 15 is 0 Å². The van der Waals surface area contributed by atoms with Crippen LogP contribution < -0.4 is 11.1 Å². The molecule has 3 N–H and O–H groups in total. The summed E-state index contributed by atoms with van der Waals surface area (Å²) in [6, 6.07) is 5.64. The molecule has 0 saturated carbocycles. The molecule has 2 rings (SSSR count). The van der Waals surface area contributed by atoms with Gasteiger partial charge in [0.1, 0.15) is 0 Å². The molecule has 1 heterocycles. The molecule has 0 unspecified atom stereocenters. The summed E-state index contributed by atoms with van der Waals surface area (Å²) in [6.07, 6.45) is 0. The van der Waals surface area contributed by atoms with Gasteiger partial charge in [-0.1, -0.05) is 6.07 Å². The van der Waals surface area contributed by atoms with Gasteiger partial charge in [0.15, 0.2) is 0 Å². The standard InChI is InChI=1S/C13H13IN2OS/c1-7-3-4-10(15)8(2)12(7)16-13(17)9-5-11(14)18-6-9/h3-6H,15H2,1-2H3,(H,16,17). The molecule has 0 aliphatic heterocycles. The van der Waals surface area contributed by atoms with Crippen LogP contribution >= 0.6 is 33.9 Å². The summed E-state index contributed by atoms with van der Waals surface area (Å²) in [5.41, 5.74) is 9.96. The molecule has 0 saturated heterocycles. The highest BCUT2D eigenvalue weighted by molar-refractivity contribution is 14.1. The Morgan fingerprint density at radius 2 is 2.11 bits per heavy atom. The zero-order chi connectivity index (χ0) is 13.3. The van der Waals surface area contributed by atoms with Crippen LogP contribution in [0.15, 0.2) is 23.6 Å². The number of benzene rings is 1. The van der Waals surface area contributed by atoms with E-state index in [1.54, 1.807) is 11.3 Å². The minimum absolute atomic E-state index is 0.0917. The van der Waals surface area contributed by atoms with E-state index < -0.39 is 0 Å². The fraction of sp³-hybridized carbons (Fsp3) is 0.154. The number of halogens is 1. The van der Waals surface area contributed by atoms with E-state index in [2.05, 4.69) is 27.9 Å². The number of hydrogen-bond acceptors (Lipinski definition) is 3. The van der Waals surface area contributed by atoms with E-state index in [0.29, 0.717) is 11.3 Å². The summed E-state index contributed by atoms with van der Waals surface area (Å²) < 4.78 is 1.10. The molecule has 1 aromatic heterocycles. The summed E-state index contributed by atoms with van der Waals surface area (Å²) in [5.74, 6) is -0.0917. The van der Waals surface area contributed by atoms with Crippen molar-refractivity contribution in [3.8, 4) is 0 Å². The molecule has 0 spiro atoms. The molecule has 18 heavy (non-hydrogen) atoms. The number of aryl methyl sites for hydroxylation is 1. The number of rotatable bonds is 2. The highest BCUT2D eigenvalue weighted by Crippen LogP contribution is 2.26. The fourth-order valence-electron chi connectivity index (χ4n) is 1.67. The van der Waals surface area contributed by atoms with Gasteiger partial charge in [0.25, 0.3) is 5.91 Å². The number of amides is 1. The molecular weight excluding hydrogens is 359 g/mol. The lowest BCUT2D eigenvalue weighted by Gasteiger charge is -2.12. The van der Waals surface area contributed by atoms with Crippen LogP contribution in [0.4, 0.5) is 11.4 Å². The lowest BCUT2D eigenvalue weighted by molar-refractivity contribution is 0.102. The second-order valence-corrected chi connectivity index (χ2v) is 6.87. The normalized spacial score (nSPS) is 10.4. The van der Waals surface area contributed by atoms with E-state index in [-0.39, 0.29) is 5.91 Å². The average molecular weight is 372 g/mol. The second-order valence-electron chi connectivity index (χ2n) is 4.07. The maximum absolute atomic E-state index is 12.1. The quantitative estimate of drug-likeness (QED) is 0.622. The van der Waals surface area contributed by atoms with Crippen LogP contribution in [0, 0.1) is 16.7 Å². The summed E-state index contributed by atoms with van der Waals surface area (Å²) in [6.45, 7) is 3.87. The molecule has 0 bridgehead atoms. The van der Waals surface area contributed by atoms with Gasteiger partial charge in [-0.25, -0.2) is 0 Å². The van der Waals surface area contributed by atoms with E-state index in [9.17, 15) is 4.79 Å². The smallest absolute Gasteiger partial charge is 0.256 e. The molecular formula is C13H13IN2OS. The SMILES string of the molecule is Cc1ccc(N)c(C)c1NC(=O)c1csc(I)c1. The number of hydrogen-bond donors (Lipinski definition) is 2. The lowest BCUT2D eigenvalue weighted by Crippen LogP contribution is -2.13. The Morgan fingerprint density at radius 1 is 1.39 bits per heavy atom. The number of thiophene rings is 1. The van der Waals surface area contributed by atoms with Gasteiger partial charge in [-0.15, -0.1) is 11.3 Å². The van der Waals surface area contributed by atoms with Gasteiger partial charge in [-0.2, -0.15) is 0 Å². The van der Waals surface area contributed by atoms with E-state index in [1.807, 2.05) is 37.4 Å². The van der Waals surface area contributed by atoms with Crippen LogP contribution in [0.5, 0.6) is 0 Å². The number of anilines is 2. The predicted octanol–water partition coefficient (Wildman–Crippen LogP) is 3.80. The third-order valence-corrected chi connectivity index (χ3v) is 4.57. The predicted molar refractivity (Wildman–Crippen MR) is 85.3 cm³/mol. The van der Waals surface area contributed by atoms with Crippen LogP contribution in [0.1, 0.15) is 21.5 Å². The van der Waals surface area contributed by atoms with Crippen molar-refractivity contribution in [2.45, 2.75) is 13.8 Å². The molecule has 0 atom stereocenters. The van der Waals surface area contributed by atoms with E-state index in [0.717, 1.165) is 19.7 Å². The van der Waals surface area contributed by atoms with Gasteiger partial charge in [-0.3, -0.25) is 4.79 Å². The molecule has 0 fully saturated rings. The van der Waals surface area contributed by atoms with Crippen LogP contribution in [0.2, 0.25) is 0 Å². The molecule has 0 aliphatic rings. The van der Waals surface area contributed by atoms with Gasteiger partial charge in [0, 0.05) is 16.8 Å². The summed E-state index contributed by atoms with van der Waals surface area (Å²) >= 11 is 3.76. The van der Waals surface area contributed by atoms with Gasteiger partial charge in [0.2, 0.25) is 0 Å². The topological polar surface area (TPSA) is 55.1 Å². The molecule has 0 radical (unpaired) electrons. The Balaban J connectivity index is 2.30. The van der Waals surface area contributed by atoms with Crippen LogP contribution in [0.3, 0.4) is 0 Å². The van der Waals surface area contributed by atoms with Crippen LogP contribution in [0.25, 0.3) is 0 Å². The van der Waals surface area contributed by atoms with Crippen molar-refractivity contribution < 1.29 is 4.79 Å². The first-order valence-electron chi connectivity index (χ1n) is 5.40. The maximum atomic E-state index is 12.1. The summed E-state index contributed by atoms with van der Waals surface area (Å²) in [7, 11) is 0. The number of nitrogens with two attached hydrogens (primary N) is 1. The van der Waals surface area contributed by atoms with Crippen molar-refractivity contribution in [2.24, 2.45) is 0 Å². The third kappa shape index (κ3) is 2.67. The van der Waals surface area contributed by atoms with Crippen molar-refractivity contribution in [1.29, 1.82) is 0 Å². The van der Waals surface area contributed by atoms with Crippen molar-refractivity contribution in [2.75, 3.05) is 11.1 Å². The van der Waals surface area contributed by atoms with Gasteiger partial charge in [0.05, 0.1) is 8.45 Å². The van der Waals surface area contributed by atoms with Crippen molar-refractivity contribution >= 4 is 51.2 Å². The van der Waals surface area contributed by atoms with E-state index in [1.165, 1.54) is 0 Å². The van der Waals surface area contributed by atoms with Gasteiger partial charge < -0.3 is 11.1 Å². The molecule has 94 valence electrons. The monoisotopic (exact) mass is 372 g/mol. The van der Waals surface area contributed by atoms with Crippen LogP contribution in [-0.2, 0) is 0 Å². The molecule has 1 aromatic carbocycles. The van der Waals surface area contributed by atoms with Gasteiger partial charge in [-0.05, 0) is 59.7 Å². The second kappa shape index (κ2) is 5.27. The van der Waals surface area contributed by atoms with Crippen LogP contribution in [-0.4, -0.2) is 5.91 Å². The summed E-state index contributed by atoms with van der Waals surface area (Å²) in [4.78, 5) is 12.1. The van der Waals surface area contributed by atoms with Gasteiger partial charge >= 0.3 is 0 Å². The largest absolute Gasteiger partial charge is 0.398 e. The number of nitrogens with one attached hydrogen (secondary N) is 1. The third-order valence-electron chi connectivity index (χ3n) is 2.78. The first-order valence-corrected chi connectivity index (χ1v) is 7.36. The molecule has 3 nitrogen and oxygen atoms in total. The number of carbonyl (C=O) groups excluding carboxylic acids is 1. The average Bonchev–Trinajstić information content (AvgIpc) is 2.76. The Labute approximate surface area is 124 Å². The Morgan fingerprint density at radius 3 is 2.72 bits per heavy atom. The molecule has 1 amide bonds. The Bertz CT molecular complexity index is 607. The first-order chi connectivity index (χ1) is 8.49. The minimum Gasteiger partial charge on any atom is -0.398 e. The van der Waals surface area contributed by atoms with Crippen molar-refractivity contribution in [1.82, 2.24) is 0 Å². The highest BCUT2D eigenvalue weighted by atomic mass is 127.